The summed E-state index contributed by atoms with van der Waals surface area (Å²) in [5.74, 6) is 1.23. The predicted molar refractivity (Wildman–Crippen MR) is 74.6 cm³/mol. The number of hydrogen-bond acceptors (Lipinski definition) is 2. The van der Waals surface area contributed by atoms with E-state index in [9.17, 15) is 9.59 Å². The minimum absolute atomic E-state index is 0.352. The van der Waals surface area contributed by atoms with E-state index < -0.39 is 0 Å². The van der Waals surface area contributed by atoms with Crippen LogP contribution >= 0.6 is 0 Å². The van der Waals surface area contributed by atoms with Crippen LogP contribution in [0.3, 0.4) is 0 Å². The zero-order valence-electron chi connectivity index (χ0n) is 11.9. The minimum atomic E-state index is 0.352. The number of Topliss-reactive ketones (excluding diaryl/α,β-unsaturated/α-hetero) is 2. The number of carbonyl (C=O) groups is 2. The van der Waals surface area contributed by atoms with E-state index in [1.54, 1.807) is 0 Å². The number of ketones is 2. The van der Waals surface area contributed by atoms with Gasteiger partial charge in [-0.1, -0.05) is 45.4 Å². The van der Waals surface area contributed by atoms with Crippen LogP contribution in [0.25, 0.3) is 0 Å². The molecule has 0 bridgehead atoms. The van der Waals surface area contributed by atoms with Gasteiger partial charge in [-0.05, 0) is 18.8 Å². The second-order valence-electron chi connectivity index (χ2n) is 5.90. The van der Waals surface area contributed by atoms with Crippen LogP contribution in [0.15, 0.2) is 0 Å². The normalized spacial score (nSPS) is 26.4. The zero-order chi connectivity index (χ0) is 13.2. The van der Waals surface area contributed by atoms with Crippen LogP contribution in [-0.2, 0) is 9.59 Å². The molecule has 18 heavy (non-hydrogen) atoms. The Morgan fingerprint density at radius 3 is 2.06 bits per heavy atom. The van der Waals surface area contributed by atoms with Gasteiger partial charge in [-0.15, -0.1) is 0 Å². The number of hydrogen-bond donors (Lipinski definition) is 0. The molecule has 1 saturated carbocycles. The lowest BCUT2D eigenvalue weighted by Gasteiger charge is -2.09. The fraction of sp³-hybridized carbons (Fsp3) is 0.875. The van der Waals surface area contributed by atoms with E-state index in [2.05, 4.69) is 6.92 Å². The van der Waals surface area contributed by atoms with Crippen molar-refractivity contribution < 1.29 is 9.59 Å². The fourth-order valence-electron chi connectivity index (χ4n) is 2.72. The van der Waals surface area contributed by atoms with Crippen molar-refractivity contribution >= 4 is 11.6 Å². The predicted octanol–water partition coefficient (Wildman–Crippen LogP) is 4.46. The average Bonchev–Trinajstić information content (AvgIpc) is 2.31. The summed E-state index contributed by atoms with van der Waals surface area (Å²) in [4.78, 5) is 23.3. The maximum atomic E-state index is 11.7. The Hall–Kier alpha value is -0.660. The van der Waals surface area contributed by atoms with Crippen molar-refractivity contribution in [2.75, 3.05) is 0 Å². The molecule has 0 aliphatic heterocycles. The highest BCUT2D eigenvalue weighted by atomic mass is 16.1. The van der Waals surface area contributed by atoms with Crippen molar-refractivity contribution in [1.82, 2.24) is 0 Å². The molecule has 0 N–H and O–H groups in total. The van der Waals surface area contributed by atoms with E-state index in [0.29, 0.717) is 36.7 Å². The van der Waals surface area contributed by atoms with Gasteiger partial charge in [-0.3, -0.25) is 9.59 Å². The van der Waals surface area contributed by atoms with Crippen molar-refractivity contribution in [2.45, 2.75) is 84.0 Å². The Bertz CT molecular complexity index is 258. The standard InChI is InChI=1S/C16H28O2/c1-14-9-6-4-2-3-5-7-10-15(17)11-8-12-16(18)13-14/h14H,2-13H2,1H3. The van der Waals surface area contributed by atoms with E-state index in [1.165, 1.54) is 38.5 Å². The van der Waals surface area contributed by atoms with Gasteiger partial charge in [0, 0.05) is 25.7 Å². The third kappa shape index (κ3) is 7.62. The van der Waals surface area contributed by atoms with Gasteiger partial charge in [0.1, 0.15) is 11.6 Å². The summed E-state index contributed by atoms with van der Waals surface area (Å²) in [7, 11) is 0. The molecule has 0 spiro atoms. The number of carbonyl (C=O) groups excluding carboxylic acids is 2. The first kappa shape index (κ1) is 15.4. The molecular formula is C16H28O2. The summed E-state index contributed by atoms with van der Waals surface area (Å²) < 4.78 is 0. The van der Waals surface area contributed by atoms with Crippen molar-refractivity contribution in [2.24, 2.45) is 5.92 Å². The Balaban J connectivity index is 2.34. The molecule has 1 rings (SSSR count). The van der Waals surface area contributed by atoms with Gasteiger partial charge in [0.25, 0.3) is 0 Å². The second kappa shape index (κ2) is 9.29. The molecule has 0 aromatic carbocycles. The molecular weight excluding hydrogens is 224 g/mol. The first-order valence-corrected chi connectivity index (χ1v) is 7.72. The van der Waals surface area contributed by atoms with Gasteiger partial charge in [-0.2, -0.15) is 0 Å². The Labute approximate surface area is 112 Å². The lowest BCUT2D eigenvalue weighted by molar-refractivity contribution is -0.120. The summed E-state index contributed by atoms with van der Waals surface area (Å²) in [5, 5.41) is 0. The van der Waals surface area contributed by atoms with Crippen molar-refractivity contribution in [3.05, 3.63) is 0 Å². The van der Waals surface area contributed by atoms with Gasteiger partial charge in [-0.25, -0.2) is 0 Å². The van der Waals surface area contributed by atoms with Gasteiger partial charge in [0.05, 0.1) is 0 Å². The van der Waals surface area contributed by atoms with Crippen LogP contribution < -0.4 is 0 Å². The Kier molecular flexibility index (Phi) is 7.95. The smallest absolute Gasteiger partial charge is 0.133 e. The maximum absolute atomic E-state index is 11.7. The zero-order valence-corrected chi connectivity index (χ0v) is 11.9. The van der Waals surface area contributed by atoms with E-state index >= 15 is 0 Å². The molecule has 0 heterocycles. The maximum Gasteiger partial charge on any atom is 0.133 e. The van der Waals surface area contributed by atoms with Crippen LogP contribution in [0.1, 0.15) is 84.0 Å². The molecule has 0 aromatic heterocycles. The van der Waals surface area contributed by atoms with E-state index in [-0.39, 0.29) is 0 Å². The molecule has 2 heteroatoms. The lowest BCUT2D eigenvalue weighted by Crippen LogP contribution is -2.06. The molecule has 0 saturated heterocycles. The third-order valence-electron chi connectivity index (χ3n) is 3.89. The molecule has 1 aliphatic rings. The van der Waals surface area contributed by atoms with Crippen LogP contribution in [0, 0.1) is 5.92 Å². The topological polar surface area (TPSA) is 34.1 Å². The lowest BCUT2D eigenvalue weighted by atomic mass is 9.95. The summed E-state index contributed by atoms with van der Waals surface area (Å²) in [6.45, 7) is 2.18. The summed E-state index contributed by atoms with van der Waals surface area (Å²) in [5.41, 5.74) is 0. The summed E-state index contributed by atoms with van der Waals surface area (Å²) in [6.07, 6.45) is 11.9. The molecule has 1 unspecified atom stereocenters. The molecule has 1 aliphatic carbocycles. The minimum Gasteiger partial charge on any atom is -0.300 e. The Morgan fingerprint density at radius 2 is 1.28 bits per heavy atom. The highest BCUT2D eigenvalue weighted by Gasteiger charge is 2.10. The molecule has 0 aromatic rings. The third-order valence-corrected chi connectivity index (χ3v) is 3.89. The van der Waals surface area contributed by atoms with Gasteiger partial charge in [0.15, 0.2) is 0 Å². The summed E-state index contributed by atoms with van der Waals surface area (Å²) >= 11 is 0. The van der Waals surface area contributed by atoms with Crippen molar-refractivity contribution in [3.63, 3.8) is 0 Å². The second-order valence-corrected chi connectivity index (χ2v) is 5.90. The number of rotatable bonds is 0. The van der Waals surface area contributed by atoms with Crippen molar-refractivity contribution in [1.29, 1.82) is 0 Å². The highest BCUT2D eigenvalue weighted by molar-refractivity contribution is 5.81. The first-order valence-electron chi connectivity index (χ1n) is 7.72. The quantitative estimate of drug-likeness (QED) is 0.638. The van der Waals surface area contributed by atoms with Crippen LogP contribution in [0.5, 0.6) is 0 Å². The van der Waals surface area contributed by atoms with Crippen LogP contribution in [0.4, 0.5) is 0 Å². The Morgan fingerprint density at radius 1 is 0.722 bits per heavy atom. The monoisotopic (exact) mass is 252 g/mol. The molecule has 104 valence electrons. The van der Waals surface area contributed by atoms with Gasteiger partial charge < -0.3 is 0 Å². The van der Waals surface area contributed by atoms with E-state index in [1.807, 2.05) is 0 Å². The van der Waals surface area contributed by atoms with Crippen LogP contribution in [-0.4, -0.2) is 11.6 Å². The van der Waals surface area contributed by atoms with Crippen LogP contribution in [0.2, 0.25) is 0 Å². The first-order chi connectivity index (χ1) is 8.68. The highest BCUT2D eigenvalue weighted by Crippen LogP contribution is 2.17. The summed E-state index contributed by atoms with van der Waals surface area (Å²) in [6, 6.07) is 0. The fourth-order valence-corrected chi connectivity index (χ4v) is 2.72. The molecule has 0 radical (unpaired) electrons. The van der Waals surface area contributed by atoms with Gasteiger partial charge in [0.2, 0.25) is 0 Å². The average molecular weight is 252 g/mol. The van der Waals surface area contributed by atoms with Crippen molar-refractivity contribution in [3.8, 4) is 0 Å². The van der Waals surface area contributed by atoms with E-state index in [4.69, 9.17) is 0 Å². The molecule has 0 amide bonds. The van der Waals surface area contributed by atoms with Gasteiger partial charge >= 0.3 is 0 Å². The van der Waals surface area contributed by atoms with E-state index in [0.717, 1.165) is 19.3 Å². The SMILES string of the molecule is CC1CCCCCCCCC(=O)CCCC(=O)C1. The molecule has 2 nitrogen and oxygen atoms in total. The molecule has 1 fully saturated rings. The molecule has 1 atom stereocenters. The largest absolute Gasteiger partial charge is 0.300 e.